The maximum Gasteiger partial charge on any atom is 0.130 e. The average Bonchev–Trinajstić information content (AvgIpc) is 2.51. The lowest BCUT2D eigenvalue weighted by Crippen LogP contribution is -2.46. The summed E-state index contributed by atoms with van der Waals surface area (Å²) in [6.45, 7) is 13.7. The van der Waals surface area contributed by atoms with E-state index >= 15 is 0 Å². The average molecular weight is 333 g/mol. The van der Waals surface area contributed by atoms with Crippen LogP contribution in [0.15, 0.2) is 0 Å². The van der Waals surface area contributed by atoms with Gasteiger partial charge in [0.05, 0.1) is 0 Å². The van der Waals surface area contributed by atoms with Crippen LogP contribution in [0, 0.1) is 0 Å². The highest BCUT2D eigenvalue weighted by atomic mass is 32.8. The molecule has 0 bridgehead atoms. The first-order valence-corrected chi connectivity index (χ1v) is 10.7. The lowest BCUT2D eigenvalue weighted by molar-refractivity contribution is 0.311. The van der Waals surface area contributed by atoms with Crippen molar-refractivity contribution in [1.82, 2.24) is 9.80 Å². The van der Waals surface area contributed by atoms with Crippen molar-refractivity contribution < 1.29 is 0 Å². The first kappa shape index (κ1) is 21.2. The number of hydrogen-bond acceptors (Lipinski definition) is 1. The van der Waals surface area contributed by atoms with Crippen LogP contribution in [-0.2, 0) is 21.1 Å². The topological polar surface area (TPSA) is 6.48 Å². The molecule has 126 valence electrons. The molecule has 0 atom stereocenters. The van der Waals surface area contributed by atoms with Crippen molar-refractivity contribution in [3.05, 3.63) is 0 Å². The fraction of sp³-hybridized carbons (Fsp3) is 0.941. The number of nitrogens with zero attached hydrogens (tertiary/aromatic N) is 2. The van der Waals surface area contributed by atoms with Crippen LogP contribution >= 0.6 is 0 Å². The van der Waals surface area contributed by atoms with Gasteiger partial charge in [0.25, 0.3) is 0 Å². The van der Waals surface area contributed by atoms with Gasteiger partial charge in [0.2, 0.25) is 0 Å². The van der Waals surface area contributed by atoms with Gasteiger partial charge in [-0.25, -0.2) is 0 Å². The van der Waals surface area contributed by atoms with Gasteiger partial charge in [-0.2, -0.15) is 0 Å². The fourth-order valence-electron chi connectivity index (χ4n) is 2.31. The Balaban J connectivity index is 4.88. The van der Waals surface area contributed by atoms with E-state index in [1.54, 1.807) is 0 Å². The number of unbranched alkanes of at least 4 members (excludes halogenated alkanes) is 4. The summed E-state index contributed by atoms with van der Waals surface area (Å²) in [7, 11) is 1.54. The highest BCUT2D eigenvalue weighted by Crippen LogP contribution is 2.07. The van der Waals surface area contributed by atoms with E-state index in [1.165, 1.54) is 66.4 Å². The van der Waals surface area contributed by atoms with Gasteiger partial charge in [-0.3, -0.25) is 9.80 Å². The third-order valence-corrected chi connectivity index (χ3v) is 4.85. The smallest absolute Gasteiger partial charge is 0.130 e. The summed E-state index contributed by atoms with van der Waals surface area (Å²) in [5.74, 6) is 0. The second kappa shape index (κ2) is 15.1. The van der Waals surface area contributed by atoms with Gasteiger partial charge >= 0.3 is 0 Å². The van der Waals surface area contributed by atoms with Crippen molar-refractivity contribution in [2.45, 2.75) is 79.1 Å². The molecule has 0 aliphatic heterocycles. The molecule has 0 fully saturated rings. The van der Waals surface area contributed by atoms with Crippen LogP contribution in [0.25, 0.3) is 0 Å². The van der Waals surface area contributed by atoms with Crippen LogP contribution in [0.5, 0.6) is 0 Å². The zero-order chi connectivity index (χ0) is 15.9. The summed E-state index contributed by atoms with van der Waals surface area (Å²) in [6.07, 6.45) is 10.1. The van der Waals surface area contributed by atoms with Crippen LogP contribution < -0.4 is 0 Å². The van der Waals surface area contributed by atoms with Crippen LogP contribution in [0.2, 0.25) is 0 Å². The van der Waals surface area contributed by atoms with Crippen molar-refractivity contribution >= 4 is 26.2 Å². The Hall–Kier alpha value is 0.230. The third-order valence-electron chi connectivity index (χ3n) is 3.74. The van der Waals surface area contributed by atoms with E-state index in [0.717, 1.165) is 26.2 Å². The third kappa shape index (κ3) is 9.77. The molecule has 0 rings (SSSR count). The maximum absolute atomic E-state index is 5.42. The lowest BCUT2D eigenvalue weighted by atomic mass is 10.2. The quantitative estimate of drug-likeness (QED) is 0.488. The molecule has 21 heavy (non-hydrogen) atoms. The van der Waals surface area contributed by atoms with Crippen LogP contribution in [0.1, 0.15) is 79.1 Å². The maximum atomic E-state index is 5.42. The van der Waals surface area contributed by atoms with E-state index in [2.05, 4.69) is 37.5 Å². The zero-order valence-electron chi connectivity index (χ0n) is 14.7. The largest absolute Gasteiger partial charge is 0.256 e. The van der Waals surface area contributed by atoms with E-state index in [1.807, 2.05) is 0 Å². The number of hydrogen-bond donors (Lipinski definition) is 0. The first-order chi connectivity index (χ1) is 10.2. The first-order valence-electron chi connectivity index (χ1n) is 8.91. The van der Waals surface area contributed by atoms with Crippen molar-refractivity contribution in [3.8, 4) is 0 Å². The van der Waals surface area contributed by atoms with Crippen molar-refractivity contribution in [3.63, 3.8) is 0 Å². The molecular formula is C17H36N2S2. The van der Waals surface area contributed by atoms with E-state index in [-0.39, 0.29) is 0 Å². The van der Waals surface area contributed by atoms with Gasteiger partial charge < -0.3 is 0 Å². The van der Waals surface area contributed by atoms with Crippen LogP contribution in [0.3, 0.4) is 0 Å². The van der Waals surface area contributed by atoms with Gasteiger partial charge in [0, 0.05) is 26.2 Å². The molecule has 0 heterocycles. The molecule has 0 aliphatic carbocycles. The highest BCUT2D eigenvalue weighted by molar-refractivity contribution is 8.17. The summed E-state index contributed by atoms with van der Waals surface area (Å²) in [4.78, 5) is 5.10. The standard InChI is InChI=1S/C17H36N2S2/c1-5-9-13-18(14-10-6-2)17(21-20)19(15-11-7-3)16-12-8-4/h5-16H2,1-4H3. The molecule has 0 aromatic rings. The molecular weight excluding hydrogens is 296 g/mol. The molecule has 2 nitrogen and oxygen atoms in total. The molecule has 0 spiro atoms. The Morgan fingerprint density at radius 3 is 1.14 bits per heavy atom. The molecule has 0 saturated heterocycles. The van der Waals surface area contributed by atoms with E-state index in [4.69, 9.17) is 11.2 Å². The van der Waals surface area contributed by atoms with E-state index in [9.17, 15) is 0 Å². The van der Waals surface area contributed by atoms with Crippen molar-refractivity contribution in [2.75, 3.05) is 26.2 Å². The summed E-state index contributed by atoms with van der Waals surface area (Å²) in [5, 5.41) is 1.34. The summed E-state index contributed by atoms with van der Waals surface area (Å²) in [5.41, 5.74) is 0. The molecule has 0 aliphatic rings. The molecule has 0 amide bonds. The summed E-state index contributed by atoms with van der Waals surface area (Å²) >= 11 is 5.42. The van der Waals surface area contributed by atoms with E-state index in [0.29, 0.717) is 0 Å². The predicted molar refractivity (Wildman–Crippen MR) is 103 cm³/mol. The lowest BCUT2D eigenvalue weighted by Gasteiger charge is -2.31. The molecule has 0 aromatic carbocycles. The molecule has 0 N–H and O–H groups in total. The minimum absolute atomic E-state index is 1.16. The Kier molecular flexibility index (Phi) is 15.3. The van der Waals surface area contributed by atoms with Gasteiger partial charge in [-0.15, -0.1) is 0 Å². The minimum Gasteiger partial charge on any atom is -0.256 e. The molecule has 0 unspecified atom stereocenters. The Labute approximate surface area is 141 Å². The Morgan fingerprint density at radius 2 is 0.952 bits per heavy atom. The van der Waals surface area contributed by atoms with Gasteiger partial charge in [0.15, 0.2) is 0 Å². The Bertz CT molecular complexity index is 251. The van der Waals surface area contributed by atoms with Crippen molar-refractivity contribution in [1.29, 1.82) is 0 Å². The molecule has 0 saturated carbocycles. The van der Waals surface area contributed by atoms with Gasteiger partial charge in [-0.05, 0) is 46.8 Å². The molecule has 0 radical (unpaired) electrons. The normalized spacial score (nSPS) is 11.3. The zero-order valence-corrected chi connectivity index (χ0v) is 16.3. The fourth-order valence-corrected chi connectivity index (χ4v) is 3.52. The second-order valence-electron chi connectivity index (χ2n) is 5.75. The predicted octanol–water partition coefficient (Wildman–Crippen LogP) is 4.42. The van der Waals surface area contributed by atoms with Crippen LogP contribution in [-0.4, -0.2) is 41.1 Å². The highest BCUT2D eigenvalue weighted by Gasteiger charge is 2.17. The minimum atomic E-state index is 1.16. The van der Waals surface area contributed by atoms with Gasteiger partial charge in [-0.1, -0.05) is 53.4 Å². The SMILES string of the molecule is CCCCN(CCCC)C(=S=S)N(CCCC)CCCC. The Morgan fingerprint density at radius 1 is 0.667 bits per heavy atom. The van der Waals surface area contributed by atoms with Gasteiger partial charge in [0.1, 0.15) is 5.11 Å². The molecule has 0 aromatic heterocycles. The molecule has 4 heteroatoms. The monoisotopic (exact) mass is 332 g/mol. The van der Waals surface area contributed by atoms with E-state index < -0.39 is 0 Å². The summed E-state index contributed by atoms with van der Waals surface area (Å²) < 4.78 is 0. The van der Waals surface area contributed by atoms with Crippen molar-refractivity contribution in [2.24, 2.45) is 0 Å². The number of rotatable bonds is 12. The van der Waals surface area contributed by atoms with Crippen LogP contribution in [0.4, 0.5) is 0 Å². The second-order valence-corrected chi connectivity index (χ2v) is 6.79. The summed E-state index contributed by atoms with van der Waals surface area (Å²) in [6, 6.07) is 0.